The maximum Gasteiger partial charge on any atom is 0.165 e. The van der Waals surface area contributed by atoms with Crippen LogP contribution in [0.3, 0.4) is 0 Å². The first-order valence-corrected chi connectivity index (χ1v) is 5.26. The molecule has 0 amide bonds. The molecule has 2 rings (SSSR count). The van der Waals surface area contributed by atoms with Crippen molar-refractivity contribution in [1.29, 1.82) is 0 Å². The molecule has 0 bridgehead atoms. The maximum absolute atomic E-state index is 13.3. The van der Waals surface area contributed by atoms with Crippen molar-refractivity contribution in [3.05, 3.63) is 54.1 Å². The van der Waals surface area contributed by atoms with Gasteiger partial charge in [-0.25, -0.2) is 4.39 Å². The number of rotatable bonds is 3. The molecule has 0 aliphatic rings. The van der Waals surface area contributed by atoms with Crippen molar-refractivity contribution in [2.45, 2.75) is 0 Å². The van der Waals surface area contributed by atoms with Gasteiger partial charge in [-0.1, -0.05) is 24.4 Å². The molecule has 86 valence electrons. The number of benzene rings is 1. The predicted molar refractivity (Wildman–Crippen MR) is 66.6 cm³/mol. The summed E-state index contributed by atoms with van der Waals surface area (Å²) in [4.78, 5) is 4.13. The van der Waals surface area contributed by atoms with Crippen LogP contribution in [0.4, 0.5) is 4.39 Å². The second-order valence-corrected chi connectivity index (χ2v) is 3.71. The Bertz CT molecular complexity index is 560. The lowest BCUT2D eigenvalue weighted by Gasteiger charge is -2.07. The molecule has 1 heterocycles. The molecule has 0 atom stereocenters. The fraction of sp³-hybridized carbons (Fsp3) is 0. The normalized spacial score (nSPS) is 9.94. The lowest BCUT2D eigenvalue weighted by Crippen LogP contribution is -2.11. The van der Waals surface area contributed by atoms with Crippen LogP contribution in [0.1, 0.15) is 5.69 Å². The van der Waals surface area contributed by atoms with Gasteiger partial charge in [0.25, 0.3) is 0 Å². The van der Waals surface area contributed by atoms with Crippen LogP contribution in [0.25, 0.3) is 0 Å². The van der Waals surface area contributed by atoms with Gasteiger partial charge in [0.2, 0.25) is 0 Å². The van der Waals surface area contributed by atoms with Crippen molar-refractivity contribution in [2.24, 2.45) is 5.73 Å². The van der Waals surface area contributed by atoms with Gasteiger partial charge in [-0.3, -0.25) is 4.98 Å². The van der Waals surface area contributed by atoms with Crippen LogP contribution < -0.4 is 10.5 Å². The molecule has 17 heavy (non-hydrogen) atoms. The number of nitrogens with zero attached hydrogens (tertiary/aromatic N) is 1. The first-order chi connectivity index (χ1) is 8.16. The van der Waals surface area contributed by atoms with Crippen molar-refractivity contribution in [2.75, 3.05) is 0 Å². The fourth-order valence-electron chi connectivity index (χ4n) is 1.26. The van der Waals surface area contributed by atoms with E-state index < -0.39 is 5.82 Å². The van der Waals surface area contributed by atoms with Crippen molar-refractivity contribution in [3.63, 3.8) is 0 Å². The Hall–Kier alpha value is -2.01. The quantitative estimate of drug-likeness (QED) is 0.848. The van der Waals surface area contributed by atoms with Crippen LogP contribution in [-0.4, -0.2) is 9.97 Å². The molecule has 0 fully saturated rings. The highest BCUT2D eigenvalue weighted by Gasteiger charge is 2.05. The summed E-state index contributed by atoms with van der Waals surface area (Å²) in [6.07, 6.45) is 1.50. The van der Waals surface area contributed by atoms with E-state index in [2.05, 4.69) is 4.98 Å². The molecule has 3 nitrogen and oxygen atoms in total. The van der Waals surface area contributed by atoms with Crippen LogP contribution in [0.15, 0.2) is 42.6 Å². The minimum atomic E-state index is -0.429. The van der Waals surface area contributed by atoms with E-state index in [1.807, 2.05) is 0 Å². The third-order valence-corrected chi connectivity index (χ3v) is 2.26. The van der Waals surface area contributed by atoms with E-state index in [0.717, 1.165) is 0 Å². The number of hydrogen-bond donors (Lipinski definition) is 1. The number of nitrogens with two attached hydrogens (primary N) is 1. The largest absolute Gasteiger partial charge is 0.454 e. The highest BCUT2D eigenvalue weighted by atomic mass is 32.1. The van der Waals surface area contributed by atoms with E-state index in [1.165, 1.54) is 18.3 Å². The first-order valence-electron chi connectivity index (χ1n) is 4.85. The van der Waals surface area contributed by atoms with Crippen molar-refractivity contribution < 1.29 is 9.13 Å². The molecular weight excluding hydrogens is 239 g/mol. The summed E-state index contributed by atoms with van der Waals surface area (Å²) >= 11 is 4.80. The number of thiocarbonyl (C=S) groups is 1. The van der Waals surface area contributed by atoms with Crippen LogP contribution in [0, 0.1) is 5.82 Å². The zero-order valence-corrected chi connectivity index (χ0v) is 9.58. The van der Waals surface area contributed by atoms with E-state index >= 15 is 0 Å². The summed E-state index contributed by atoms with van der Waals surface area (Å²) < 4.78 is 18.7. The summed E-state index contributed by atoms with van der Waals surface area (Å²) in [5, 5.41) is 0. The number of halogens is 1. The molecule has 0 saturated heterocycles. The van der Waals surface area contributed by atoms with Crippen LogP contribution in [0.2, 0.25) is 0 Å². The lowest BCUT2D eigenvalue weighted by molar-refractivity contribution is 0.441. The Labute approximate surface area is 103 Å². The van der Waals surface area contributed by atoms with Crippen LogP contribution in [0.5, 0.6) is 11.5 Å². The predicted octanol–water partition coefficient (Wildman–Crippen LogP) is 2.65. The molecular formula is C12H9FN2OS. The molecule has 0 unspecified atom stereocenters. The van der Waals surface area contributed by atoms with E-state index in [9.17, 15) is 4.39 Å². The van der Waals surface area contributed by atoms with Gasteiger partial charge in [0.05, 0.1) is 0 Å². The van der Waals surface area contributed by atoms with Gasteiger partial charge in [-0.05, 0) is 18.2 Å². The minimum absolute atomic E-state index is 0.146. The van der Waals surface area contributed by atoms with Crippen LogP contribution >= 0.6 is 12.2 Å². The molecule has 1 aromatic carbocycles. The number of ether oxygens (including phenoxy) is 1. The summed E-state index contributed by atoms with van der Waals surface area (Å²) in [6.45, 7) is 0. The lowest BCUT2D eigenvalue weighted by atomic mass is 10.3. The monoisotopic (exact) mass is 248 g/mol. The molecule has 0 radical (unpaired) electrons. The molecule has 5 heteroatoms. The first kappa shape index (κ1) is 11.5. The zero-order valence-electron chi connectivity index (χ0n) is 8.76. The molecule has 2 N–H and O–H groups in total. The summed E-state index contributed by atoms with van der Waals surface area (Å²) in [5.41, 5.74) is 5.88. The Morgan fingerprint density at radius 1 is 1.29 bits per heavy atom. The Kier molecular flexibility index (Phi) is 3.30. The smallest absolute Gasteiger partial charge is 0.165 e. The fourth-order valence-corrected chi connectivity index (χ4v) is 1.38. The molecule has 0 saturated carbocycles. The topological polar surface area (TPSA) is 48.1 Å². The van der Waals surface area contributed by atoms with Crippen molar-refractivity contribution in [1.82, 2.24) is 4.98 Å². The third-order valence-electron chi connectivity index (χ3n) is 2.05. The molecule has 0 spiro atoms. The van der Waals surface area contributed by atoms with Gasteiger partial charge in [-0.15, -0.1) is 0 Å². The highest BCUT2D eigenvalue weighted by molar-refractivity contribution is 7.80. The van der Waals surface area contributed by atoms with Gasteiger partial charge in [-0.2, -0.15) is 0 Å². The average molecular weight is 248 g/mol. The van der Waals surface area contributed by atoms with Crippen molar-refractivity contribution in [3.8, 4) is 11.5 Å². The van der Waals surface area contributed by atoms with E-state index in [-0.39, 0.29) is 10.7 Å². The maximum atomic E-state index is 13.3. The van der Waals surface area contributed by atoms with Crippen LogP contribution in [-0.2, 0) is 0 Å². The highest BCUT2D eigenvalue weighted by Crippen LogP contribution is 2.23. The van der Waals surface area contributed by atoms with Gasteiger partial charge in [0, 0.05) is 12.3 Å². The third kappa shape index (κ3) is 2.76. The summed E-state index contributed by atoms with van der Waals surface area (Å²) in [5.74, 6) is 0.154. The van der Waals surface area contributed by atoms with Gasteiger partial charge in [0.1, 0.15) is 16.4 Å². The Morgan fingerprint density at radius 2 is 2.06 bits per heavy atom. The Morgan fingerprint density at radius 3 is 2.76 bits per heavy atom. The van der Waals surface area contributed by atoms with Gasteiger partial charge >= 0.3 is 0 Å². The van der Waals surface area contributed by atoms with E-state index in [4.69, 9.17) is 22.7 Å². The van der Waals surface area contributed by atoms with E-state index in [0.29, 0.717) is 11.4 Å². The van der Waals surface area contributed by atoms with E-state index in [1.54, 1.807) is 24.3 Å². The average Bonchev–Trinajstić information content (AvgIpc) is 2.32. The molecule has 2 aromatic rings. The molecule has 0 aliphatic carbocycles. The molecule has 1 aromatic heterocycles. The van der Waals surface area contributed by atoms with Crippen molar-refractivity contribution >= 4 is 17.2 Å². The second-order valence-electron chi connectivity index (χ2n) is 3.27. The SMILES string of the molecule is NC(=S)c1cc(Oc2ccccc2F)ccn1. The van der Waals surface area contributed by atoms with Gasteiger partial charge in [0.15, 0.2) is 11.6 Å². The summed E-state index contributed by atoms with van der Waals surface area (Å²) in [6, 6.07) is 9.31. The number of para-hydroxylation sites is 1. The van der Waals surface area contributed by atoms with Gasteiger partial charge < -0.3 is 10.5 Å². The minimum Gasteiger partial charge on any atom is -0.454 e. The molecule has 0 aliphatic heterocycles. The zero-order chi connectivity index (χ0) is 12.3. The number of pyridine rings is 1. The second kappa shape index (κ2) is 4.88. The summed E-state index contributed by atoms with van der Waals surface area (Å²) in [7, 11) is 0. The number of hydrogen-bond acceptors (Lipinski definition) is 3. The standard InChI is InChI=1S/C12H9FN2OS/c13-9-3-1-2-4-11(9)16-8-5-6-15-10(7-8)12(14)17/h1-7H,(H2,14,17). The Balaban J connectivity index is 2.28. The number of aromatic nitrogens is 1.